The molecule has 0 N–H and O–H groups in total. The van der Waals surface area contributed by atoms with E-state index in [1.807, 2.05) is 0 Å². The van der Waals surface area contributed by atoms with Crippen LogP contribution in [0.3, 0.4) is 0 Å². The highest BCUT2D eigenvalue weighted by Gasteiger charge is 2.24. The third-order valence-electron chi connectivity index (χ3n) is 3.53. The molecule has 1 heterocycles. The molecule has 18 heavy (non-hydrogen) atoms. The van der Waals surface area contributed by atoms with Crippen molar-refractivity contribution in [3.8, 4) is 0 Å². The predicted molar refractivity (Wildman–Crippen MR) is 72.7 cm³/mol. The molecule has 1 amide bonds. The number of piperidine rings is 1. The number of nitrogens with zero attached hydrogens (tertiary/aromatic N) is 1. The molecule has 0 saturated carbocycles. The summed E-state index contributed by atoms with van der Waals surface area (Å²) in [5.41, 5.74) is 0. The van der Waals surface area contributed by atoms with E-state index in [9.17, 15) is 13.2 Å². The van der Waals surface area contributed by atoms with E-state index < -0.39 is 9.84 Å². The number of rotatable bonds is 4. The first-order valence-electron chi connectivity index (χ1n) is 6.55. The van der Waals surface area contributed by atoms with Crippen molar-refractivity contribution in [1.82, 2.24) is 4.90 Å². The third kappa shape index (κ3) is 4.44. The monoisotopic (exact) mass is 273 g/mol. The van der Waals surface area contributed by atoms with Crippen molar-refractivity contribution in [2.45, 2.75) is 33.6 Å². The zero-order valence-electron chi connectivity index (χ0n) is 11.4. The minimum atomic E-state index is -3.21. The molecular weight excluding hydrogens is 250 g/mol. The molecule has 1 aliphatic rings. The number of likely N-dealkylation sites (tertiary alicyclic amines) is 1. The summed E-state index contributed by atoms with van der Waals surface area (Å²) in [7, 11) is -3.21. The minimum Gasteiger partial charge on any atom is -0.339 e. The van der Waals surface area contributed by atoms with E-state index in [0.29, 0.717) is 11.8 Å². The lowest BCUT2D eigenvalue weighted by Gasteiger charge is -2.34. The number of carbonyl (C=O) groups is 1. The molecule has 0 aromatic heterocycles. The average molecular weight is 273 g/mol. The van der Waals surface area contributed by atoms with Gasteiger partial charge in [-0.05, 0) is 24.7 Å². The van der Waals surface area contributed by atoms with Crippen LogP contribution in [0.5, 0.6) is 0 Å². The molecule has 0 aromatic rings. The molecule has 5 heteroatoms. The van der Waals surface area contributed by atoms with Gasteiger partial charge in [-0.3, -0.25) is 4.79 Å². The molecule has 0 spiro atoms. The van der Waals surface area contributed by atoms with Crippen LogP contribution in [0, 0.1) is 11.8 Å². The van der Waals surface area contributed by atoms with Gasteiger partial charge in [0.2, 0.25) is 5.91 Å². The predicted octanol–water partition coefficient (Wildman–Crippen LogP) is 1.83. The van der Waals surface area contributed by atoms with Crippen molar-refractivity contribution < 1.29 is 13.2 Å². The highest BCUT2D eigenvalue weighted by molar-refractivity contribution is 7.94. The van der Waals surface area contributed by atoms with Gasteiger partial charge in [-0.25, -0.2) is 8.42 Å². The summed E-state index contributed by atoms with van der Waals surface area (Å²) in [4.78, 5) is 13.7. The van der Waals surface area contributed by atoms with Crippen molar-refractivity contribution in [2.75, 3.05) is 18.8 Å². The van der Waals surface area contributed by atoms with Gasteiger partial charge in [0, 0.05) is 24.6 Å². The quantitative estimate of drug-likeness (QED) is 0.734. The SMILES string of the molecule is CCS(=O)(=O)/C=C/C(=O)N1CCCC(C(C)C)C1. The Labute approximate surface area is 110 Å². The van der Waals surface area contributed by atoms with Crippen LogP contribution in [0.25, 0.3) is 0 Å². The number of hydrogen-bond donors (Lipinski definition) is 0. The Hall–Kier alpha value is -0.840. The maximum atomic E-state index is 11.9. The fourth-order valence-corrected chi connectivity index (χ4v) is 2.63. The molecule has 1 fully saturated rings. The Bertz CT molecular complexity index is 412. The van der Waals surface area contributed by atoms with E-state index in [-0.39, 0.29) is 11.7 Å². The van der Waals surface area contributed by atoms with Crippen LogP contribution in [0.2, 0.25) is 0 Å². The van der Waals surface area contributed by atoms with Gasteiger partial charge in [0.1, 0.15) is 0 Å². The third-order valence-corrected chi connectivity index (χ3v) is 4.89. The van der Waals surface area contributed by atoms with E-state index in [2.05, 4.69) is 13.8 Å². The maximum absolute atomic E-state index is 11.9. The van der Waals surface area contributed by atoms with E-state index in [1.54, 1.807) is 11.8 Å². The van der Waals surface area contributed by atoms with Crippen molar-refractivity contribution in [2.24, 2.45) is 11.8 Å². The fourth-order valence-electron chi connectivity index (χ4n) is 2.12. The highest BCUT2D eigenvalue weighted by Crippen LogP contribution is 2.23. The fraction of sp³-hybridized carbons (Fsp3) is 0.769. The first kappa shape index (κ1) is 15.2. The first-order chi connectivity index (χ1) is 8.35. The number of hydrogen-bond acceptors (Lipinski definition) is 3. The maximum Gasteiger partial charge on any atom is 0.247 e. The summed E-state index contributed by atoms with van der Waals surface area (Å²) in [6.07, 6.45) is 3.35. The Morgan fingerprint density at radius 2 is 2.11 bits per heavy atom. The molecule has 4 nitrogen and oxygen atoms in total. The van der Waals surface area contributed by atoms with Crippen LogP contribution in [0.4, 0.5) is 0 Å². The lowest BCUT2D eigenvalue weighted by atomic mass is 9.88. The molecule has 0 radical (unpaired) electrons. The van der Waals surface area contributed by atoms with Gasteiger partial charge in [0.05, 0.1) is 5.75 Å². The van der Waals surface area contributed by atoms with Gasteiger partial charge >= 0.3 is 0 Å². The van der Waals surface area contributed by atoms with Gasteiger partial charge in [0.15, 0.2) is 9.84 Å². The second-order valence-corrected chi connectivity index (χ2v) is 7.36. The van der Waals surface area contributed by atoms with Crippen LogP contribution in [-0.2, 0) is 14.6 Å². The standard InChI is InChI=1S/C13H23NO3S/c1-4-18(16,17)9-7-13(15)14-8-5-6-12(10-14)11(2)3/h7,9,11-12H,4-6,8,10H2,1-3H3/b9-7+. The second kappa shape index (κ2) is 6.36. The Morgan fingerprint density at radius 1 is 1.44 bits per heavy atom. The second-order valence-electron chi connectivity index (χ2n) is 5.18. The Balaban J connectivity index is 2.62. The van der Waals surface area contributed by atoms with Crippen LogP contribution in [0.1, 0.15) is 33.6 Å². The van der Waals surface area contributed by atoms with Crippen molar-refractivity contribution in [3.63, 3.8) is 0 Å². The van der Waals surface area contributed by atoms with Gasteiger partial charge in [-0.15, -0.1) is 0 Å². The van der Waals surface area contributed by atoms with Gasteiger partial charge in [-0.1, -0.05) is 20.8 Å². The number of carbonyl (C=O) groups excluding carboxylic acids is 1. The molecule has 0 aromatic carbocycles. The highest BCUT2D eigenvalue weighted by atomic mass is 32.2. The van der Waals surface area contributed by atoms with E-state index >= 15 is 0 Å². The van der Waals surface area contributed by atoms with Gasteiger partial charge in [-0.2, -0.15) is 0 Å². The lowest BCUT2D eigenvalue weighted by Crippen LogP contribution is -2.40. The summed E-state index contributed by atoms with van der Waals surface area (Å²) in [5.74, 6) is 0.936. The summed E-state index contributed by atoms with van der Waals surface area (Å²) >= 11 is 0. The zero-order valence-corrected chi connectivity index (χ0v) is 12.2. The summed E-state index contributed by atoms with van der Waals surface area (Å²) in [5, 5.41) is 1.04. The van der Waals surface area contributed by atoms with Crippen molar-refractivity contribution >= 4 is 15.7 Å². The molecule has 104 valence electrons. The summed E-state index contributed by atoms with van der Waals surface area (Å²) in [6, 6.07) is 0. The number of sulfone groups is 1. The molecule has 1 rings (SSSR count). The summed E-state index contributed by atoms with van der Waals surface area (Å²) in [6.45, 7) is 7.37. The summed E-state index contributed by atoms with van der Waals surface area (Å²) < 4.78 is 22.6. The smallest absolute Gasteiger partial charge is 0.247 e. The Morgan fingerprint density at radius 3 is 2.67 bits per heavy atom. The lowest BCUT2D eigenvalue weighted by molar-refractivity contribution is -0.128. The van der Waals surface area contributed by atoms with E-state index in [4.69, 9.17) is 0 Å². The minimum absolute atomic E-state index is 0.0331. The molecule has 0 bridgehead atoms. The molecular formula is C13H23NO3S. The topological polar surface area (TPSA) is 54.5 Å². The molecule has 0 aliphatic carbocycles. The zero-order chi connectivity index (χ0) is 13.8. The molecule has 1 aliphatic heterocycles. The Kier molecular flexibility index (Phi) is 5.38. The van der Waals surface area contributed by atoms with Crippen LogP contribution in [0.15, 0.2) is 11.5 Å². The first-order valence-corrected chi connectivity index (χ1v) is 8.27. The largest absolute Gasteiger partial charge is 0.339 e. The average Bonchev–Trinajstić information content (AvgIpc) is 2.36. The van der Waals surface area contributed by atoms with Crippen LogP contribution < -0.4 is 0 Å². The van der Waals surface area contributed by atoms with Crippen molar-refractivity contribution in [1.29, 1.82) is 0 Å². The van der Waals surface area contributed by atoms with Crippen LogP contribution in [-0.4, -0.2) is 38.1 Å². The molecule has 1 saturated heterocycles. The molecule has 1 atom stereocenters. The van der Waals surface area contributed by atoms with E-state index in [0.717, 1.165) is 31.3 Å². The van der Waals surface area contributed by atoms with Gasteiger partial charge < -0.3 is 4.90 Å². The molecule has 1 unspecified atom stereocenters. The van der Waals surface area contributed by atoms with E-state index in [1.165, 1.54) is 6.08 Å². The van der Waals surface area contributed by atoms with Crippen molar-refractivity contribution in [3.05, 3.63) is 11.5 Å². The van der Waals surface area contributed by atoms with Crippen LogP contribution >= 0.6 is 0 Å². The normalized spacial score (nSPS) is 21.8. The number of amides is 1. The van der Waals surface area contributed by atoms with Gasteiger partial charge in [0.25, 0.3) is 0 Å².